The van der Waals surface area contributed by atoms with Gasteiger partial charge in [-0.1, -0.05) is 19.9 Å². The highest BCUT2D eigenvalue weighted by Gasteiger charge is 2.07. The van der Waals surface area contributed by atoms with Gasteiger partial charge in [-0.05, 0) is 41.8 Å². The highest BCUT2D eigenvalue weighted by molar-refractivity contribution is 5.96. The van der Waals surface area contributed by atoms with Gasteiger partial charge in [0.1, 0.15) is 5.69 Å². The van der Waals surface area contributed by atoms with Crippen molar-refractivity contribution in [3.05, 3.63) is 53.9 Å². The van der Waals surface area contributed by atoms with E-state index in [1.807, 2.05) is 6.07 Å². The summed E-state index contributed by atoms with van der Waals surface area (Å²) in [6.45, 7) is 4.72. The molecule has 7 heteroatoms. The number of ether oxygens (including phenoxy) is 2. The highest BCUT2D eigenvalue weighted by atomic mass is 16.5. The van der Waals surface area contributed by atoms with Crippen molar-refractivity contribution in [3.63, 3.8) is 0 Å². The average Bonchev–Trinajstić information content (AvgIpc) is 3.17. The van der Waals surface area contributed by atoms with Crippen LogP contribution in [0, 0.1) is 5.92 Å². The van der Waals surface area contributed by atoms with Gasteiger partial charge in [-0.15, -0.1) is 0 Å². The molecule has 0 aliphatic rings. The number of carbonyl (C=O) groups is 2. The van der Waals surface area contributed by atoms with Crippen LogP contribution in [0.15, 0.2) is 42.6 Å². The second-order valence-electron chi connectivity index (χ2n) is 5.98. The van der Waals surface area contributed by atoms with Gasteiger partial charge in [0.2, 0.25) is 0 Å². The molecule has 0 aliphatic heterocycles. The Bertz CT molecular complexity index is 767. The molecule has 1 aromatic carbocycles. The molecule has 2 amide bonds. The molecule has 138 valence electrons. The molecule has 1 heterocycles. The number of hydrazine groups is 1. The first-order valence-electron chi connectivity index (χ1n) is 8.22. The third kappa shape index (κ3) is 5.70. The minimum absolute atomic E-state index is 0.357. The number of aromatic amines is 1. The van der Waals surface area contributed by atoms with Crippen molar-refractivity contribution in [2.75, 3.05) is 13.7 Å². The van der Waals surface area contributed by atoms with Crippen LogP contribution in [0.1, 0.15) is 29.9 Å². The fourth-order valence-electron chi connectivity index (χ4n) is 2.03. The van der Waals surface area contributed by atoms with Crippen molar-refractivity contribution >= 4 is 17.9 Å². The van der Waals surface area contributed by atoms with E-state index in [9.17, 15) is 9.59 Å². The van der Waals surface area contributed by atoms with Crippen LogP contribution in [-0.4, -0.2) is 30.5 Å². The van der Waals surface area contributed by atoms with Crippen molar-refractivity contribution in [1.82, 2.24) is 15.8 Å². The maximum Gasteiger partial charge on any atom is 0.286 e. The number of benzene rings is 1. The summed E-state index contributed by atoms with van der Waals surface area (Å²) in [5.74, 6) is 0.771. The van der Waals surface area contributed by atoms with E-state index in [4.69, 9.17) is 9.47 Å². The Hall–Kier alpha value is -3.22. The highest BCUT2D eigenvalue weighted by Crippen LogP contribution is 2.28. The second-order valence-corrected chi connectivity index (χ2v) is 5.98. The van der Waals surface area contributed by atoms with Gasteiger partial charge >= 0.3 is 0 Å². The molecule has 0 saturated heterocycles. The van der Waals surface area contributed by atoms with Gasteiger partial charge in [0.25, 0.3) is 11.8 Å². The topological polar surface area (TPSA) is 92.5 Å². The summed E-state index contributed by atoms with van der Waals surface area (Å²) in [6.07, 6.45) is 4.56. The van der Waals surface area contributed by atoms with Crippen LogP contribution in [0.3, 0.4) is 0 Å². The summed E-state index contributed by atoms with van der Waals surface area (Å²) in [5.41, 5.74) is 5.75. The third-order valence-corrected chi connectivity index (χ3v) is 3.33. The van der Waals surface area contributed by atoms with Gasteiger partial charge in [0.15, 0.2) is 11.5 Å². The zero-order valence-electron chi connectivity index (χ0n) is 15.0. The first kappa shape index (κ1) is 19.1. The van der Waals surface area contributed by atoms with Crippen LogP contribution in [0.25, 0.3) is 6.08 Å². The van der Waals surface area contributed by atoms with Crippen LogP contribution in [-0.2, 0) is 4.79 Å². The van der Waals surface area contributed by atoms with Gasteiger partial charge < -0.3 is 14.5 Å². The van der Waals surface area contributed by atoms with Crippen molar-refractivity contribution < 1.29 is 19.1 Å². The van der Waals surface area contributed by atoms with Gasteiger partial charge in [0, 0.05) is 12.3 Å². The number of hydrogen-bond donors (Lipinski definition) is 3. The Morgan fingerprint density at radius 2 is 2.00 bits per heavy atom. The van der Waals surface area contributed by atoms with E-state index in [0.717, 1.165) is 5.56 Å². The summed E-state index contributed by atoms with van der Waals surface area (Å²) < 4.78 is 11.0. The number of amides is 2. The van der Waals surface area contributed by atoms with Gasteiger partial charge in [-0.3, -0.25) is 20.4 Å². The Morgan fingerprint density at radius 3 is 2.65 bits per heavy atom. The van der Waals surface area contributed by atoms with E-state index in [2.05, 4.69) is 29.7 Å². The van der Waals surface area contributed by atoms with Crippen LogP contribution < -0.4 is 20.3 Å². The summed E-state index contributed by atoms with van der Waals surface area (Å²) in [4.78, 5) is 26.3. The van der Waals surface area contributed by atoms with Crippen LogP contribution in [0.4, 0.5) is 0 Å². The van der Waals surface area contributed by atoms with Gasteiger partial charge in [-0.25, -0.2) is 0 Å². The number of hydrogen-bond acceptors (Lipinski definition) is 4. The van der Waals surface area contributed by atoms with Crippen LogP contribution in [0.2, 0.25) is 0 Å². The van der Waals surface area contributed by atoms with E-state index in [1.165, 1.54) is 6.08 Å². The standard InChI is InChI=1S/C19H23N3O4/c1-13(2)12-26-16-8-6-14(11-17(16)25-3)7-9-18(23)21-22-19(24)15-5-4-10-20-15/h4-11,13,20H,12H2,1-3H3,(H,21,23)(H,22,24)/b9-7+. The molecule has 26 heavy (non-hydrogen) atoms. The van der Waals surface area contributed by atoms with Gasteiger partial charge in [-0.2, -0.15) is 0 Å². The summed E-state index contributed by atoms with van der Waals surface area (Å²) in [6, 6.07) is 8.69. The Morgan fingerprint density at radius 1 is 1.19 bits per heavy atom. The number of H-pyrrole nitrogens is 1. The van der Waals surface area contributed by atoms with E-state index >= 15 is 0 Å². The number of rotatable bonds is 7. The zero-order chi connectivity index (χ0) is 18.9. The number of carbonyl (C=O) groups excluding carboxylic acids is 2. The normalized spacial score (nSPS) is 10.8. The van der Waals surface area contributed by atoms with E-state index in [-0.39, 0.29) is 0 Å². The molecule has 7 nitrogen and oxygen atoms in total. The molecule has 0 saturated carbocycles. The maximum atomic E-state index is 11.8. The van der Waals surface area contributed by atoms with Gasteiger partial charge in [0.05, 0.1) is 13.7 Å². The molecule has 0 fully saturated rings. The maximum absolute atomic E-state index is 11.8. The molecule has 3 N–H and O–H groups in total. The molecule has 0 atom stereocenters. The molecule has 0 bridgehead atoms. The zero-order valence-corrected chi connectivity index (χ0v) is 15.0. The molecule has 2 aromatic rings. The van der Waals surface area contributed by atoms with Crippen LogP contribution >= 0.6 is 0 Å². The molecule has 0 radical (unpaired) electrons. The number of methoxy groups -OCH3 is 1. The fraction of sp³-hybridized carbons (Fsp3) is 0.263. The summed E-state index contributed by atoms with van der Waals surface area (Å²) >= 11 is 0. The van der Waals surface area contributed by atoms with Crippen molar-refractivity contribution in [2.24, 2.45) is 5.92 Å². The van der Waals surface area contributed by atoms with E-state index < -0.39 is 11.8 Å². The lowest BCUT2D eigenvalue weighted by molar-refractivity contribution is -0.117. The molecule has 2 rings (SSSR count). The van der Waals surface area contributed by atoms with E-state index in [0.29, 0.717) is 29.7 Å². The predicted octanol–water partition coefficient (Wildman–Crippen LogP) is 2.53. The number of nitrogens with one attached hydrogen (secondary N) is 3. The SMILES string of the molecule is COc1cc(/C=C/C(=O)NNC(=O)c2ccc[nH]2)ccc1OCC(C)C. The Labute approximate surface area is 152 Å². The van der Waals surface area contributed by atoms with Crippen LogP contribution in [0.5, 0.6) is 11.5 Å². The molecule has 0 aliphatic carbocycles. The molecular weight excluding hydrogens is 334 g/mol. The summed E-state index contributed by atoms with van der Waals surface area (Å²) in [7, 11) is 1.56. The minimum Gasteiger partial charge on any atom is -0.493 e. The molecule has 1 aromatic heterocycles. The average molecular weight is 357 g/mol. The third-order valence-electron chi connectivity index (χ3n) is 3.33. The molecular formula is C19H23N3O4. The summed E-state index contributed by atoms with van der Waals surface area (Å²) in [5, 5.41) is 0. The smallest absolute Gasteiger partial charge is 0.286 e. The quantitative estimate of drug-likeness (QED) is 0.524. The lowest BCUT2D eigenvalue weighted by Gasteiger charge is -2.12. The minimum atomic E-state index is -0.455. The van der Waals surface area contributed by atoms with E-state index in [1.54, 1.807) is 43.6 Å². The fourth-order valence-corrected chi connectivity index (χ4v) is 2.03. The van der Waals surface area contributed by atoms with Crippen molar-refractivity contribution in [2.45, 2.75) is 13.8 Å². The molecule has 0 unspecified atom stereocenters. The lowest BCUT2D eigenvalue weighted by Crippen LogP contribution is -2.40. The lowest BCUT2D eigenvalue weighted by atomic mass is 10.2. The predicted molar refractivity (Wildman–Crippen MR) is 98.8 cm³/mol. The monoisotopic (exact) mass is 357 g/mol. The Kier molecular flexibility index (Phi) is 6.84. The Balaban J connectivity index is 1.92. The largest absolute Gasteiger partial charge is 0.493 e. The second kappa shape index (κ2) is 9.31. The van der Waals surface area contributed by atoms with Crippen molar-refractivity contribution in [1.29, 1.82) is 0 Å². The molecule has 0 spiro atoms. The first-order chi connectivity index (χ1) is 12.5. The number of aromatic nitrogens is 1. The first-order valence-corrected chi connectivity index (χ1v) is 8.22. The van der Waals surface area contributed by atoms with Crippen molar-refractivity contribution in [3.8, 4) is 11.5 Å².